The number of Topliss-reactive ketones (excluding diaryl/α,β-unsaturated/α-hetero) is 1. The van der Waals surface area contributed by atoms with Crippen LogP contribution >= 0.6 is 0 Å². The van der Waals surface area contributed by atoms with E-state index in [9.17, 15) is 9.59 Å². The molecule has 16 heavy (non-hydrogen) atoms. The van der Waals surface area contributed by atoms with Crippen LogP contribution in [-0.2, 0) is 0 Å². The van der Waals surface area contributed by atoms with Gasteiger partial charge in [-0.3, -0.25) is 4.79 Å². The van der Waals surface area contributed by atoms with Crippen LogP contribution in [-0.4, -0.2) is 11.8 Å². The van der Waals surface area contributed by atoms with Crippen LogP contribution in [0.5, 0.6) is 0 Å². The molecule has 0 spiro atoms. The number of hydrogen-bond acceptors (Lipinski definition) is 2. The summed E-state index contributed by atoms with van der Waals surface area (Å²) < 4.78 is 0. The molecule has 0 radical (unpaired) electrons. The molecule has 0 aromatic heterocycles. The number of nitrogens with one attached hydrogen (secondary N) is 2. The Bertz CT molecular complexity index is 421. The highest BCUT2D eigenvalue weighted by atomic mass is 16.2. The van der Waals surface area contributed by atoms with E-state index in [0.29, 0.717) is 16.9 Å². The van der Waals surface area contributed by atoms with Crippen LogP contribution in [0, 0.1) is 0 Å². The highest BCUT2D eigenvalue weighted by Crippen LogP contribution is 2.09. The maximum Gasteiger partial charge on any atom is 0.323 e. The van der Waals surface area contributed by atoms with Gasteiger partial charge in [-0.15, -0.1) is 0 Å². The number of ketones is 1. The van der Waals surface area contributed by atoms with E-state index in [0.717, 1.165) is 0 Å². The van der Waals surface area contributed by atoms with Crippen molar-refractivity contribution in [1.82, 2.24) is 5.32 Å². The fourth-order valence-electron chi connectivity index (χ4n) is 1.14. The Labute approximate surface area is 94.4 Å². The molecular weight excluding hydrogens is 204 g/mol. The van der Waals surface area contributed by atoms with Crippen LogP contribution < -0.4 is 10.6 Å². The zero-order chi connectivity index (χ0) is 12.1. The number of urea groups is 1. The normalized spacial score (nSPS) is 9.38. The summed E-state index contributed by atoms with van der Waals surface area (Å²) in [4.78, 5) is 22.3. The zero-order valence-corrected chi connectivity index (χ0v) is 9.33. The van der Waals surface area contributed by atoms with Crippen LogP contribution in [0.25, 0.3) is 0 Å². The number of amides is 2. The Morgan fingerprint density at radius 3 is 2.12 bits per heavy atom. The summed E-state index contributed by atoms with van der Waals surface area (Å²) in [5, 5.41) is 5.13. The molecule has 4 heteroatoms. The Balaban J connectivity index is 2.65. The van der Waals surface area contributed by atoms with E-state index < -0.39 is 0 Å². The van der Waals surface area contributed by atoms with E-state index in [-0.39, 0.29) is 11.8 Å². The topological polar surface area (TPSA) is 58.2 Å². The quantitative estimate of drug-likeness (QED) is 0.766. The molecule has 0 aliphatic carbocycles. The Kier molecular flexibility index (Phi) is 3.83. The van der Waals surface area contributed by atoms with Crippen molar-refractivity contribution < 1.29 is 9.59 Å². The Morgan fingerprint density at radius 1 is 1.12 bits per heavy atom. The standard InChI is InChI=1S/C12H14N2O2/c1-8(2)13-12(16)14-11-6-4-10(5-7-11)9(3)15/h4-7H,1H2,2-3H3,(H2,13,14,16). The summed E-state index contributed by atoms with van der Waals surface area (Å²) >= 11 is 0. The van der Waals surface area contributed by atoms with Crippen LogP contribution in [0.15, 0.2) is 36.5 Å². The summed E-state index contributed by atoms with van der Waals surface area (Å²) in [6, 6.07) is 6.34. The maximum atomic E-state index is 11.3. The van der Waals surface area contributed by atoms with Crippen molar-refractivity contribution >= 4 is 17.5 Å². The first kappa shape index (κ1) is 12.0. The van der Waals surface area contributed by atoms with Gasteiger partial charge in [0.25, 0.3) is 0 Å². The molecule has 0 aliphatic rings. The van der Waals surface area contributed by atoms with Crippen molar-refractivity contribution in [3.63, 3.8) is 0 Å². The number of benzene rings is 1. The third-order valence-corrected chi connectivity index (χ3v) is 1.88. The third kappa shape index (κ3) is 3.57. The molecule has 2 N–H and O–H groups in total. The number of hydrogen-bond donors (Lipinski definition) is 2. The lowest BCUT2D eigenvalue weighted by atomic mass is 10.1. The summed E-state index contributed by atoms with van der Waals surface area (Å²) in [5.41, 5.74) is 1.81. The molecule has 0 bridgehead atoms. The smallest absolute Gasteiger partial charge is 0.312 e. The minimum absolute atomic E-state index is 0.00191. The Morgan fingerprint density at radius 2 is 1.69 bits per heavy atom. The molecule has 0 saturated heterocycles. The predicted octanol–water partition coefficient (Wildman–Crippen LogP) is 2.54. The van der Waals surface area contributed by atoms with Gasteiger partial charge in [-0.2, -0.15) is 0 Å². The van der Waals surface area contributed by atoms with E-state index in [4.69, 9.17) is 0 Å². The van der Waals surface area contributed by atoms with Crippen molar-refractivity contribution in [1.29, 1.82) is 0 Å². The second-order valence-corrected chi connectivity index (χ2v) is 3.49. The Hall–Kier alpha value is -2.10. The maximum absolute atomic E-state index is 11.3. The van der Waals surface area contributed by atoms with Gasteiger partial charge < -0.3 is 10.6 Å². The van der Waals surface area contributed by atoms with Crippen LogP contribution in [0.1, 0.15) is 24.2 Å². The summed E-state index contributed by atoms with van der Waals surface area (Å²) in [6.45, 7) is 6.75. The number of carbonyl (C=O) groups excluding carboxylic acids is 2. The number of allylic oxidation sites excluding steroid dienone is 1. The van der Waals surface area contributed by atoms with E-state index in [1.54, 1.807) is 31.2 Å². The SMILES string of the molecule is C=C(C)NC(=O)Nc1ccc(C(C)=O)cc1. The van der Waals surface area contributed by atoms with Gasteiger partial charge in [0.05, 0.1) is 0 Å². The van der Waals surface area contributed by atoms with Crippen molar-refractivity contribution in [2.45, 2.75) is 13.8 Å². The number of carbonyl (C=O) groups is 2. The van der Waals surface area contributed by atoms with Crippen molar-refractivity contribution in [2.75, 3.05) is 5.32 Å². The van der Waals surface area contributed by atoms with Gasteiger partial charge in [0.2, 0.25) is 0 Å². The minimum Gasteiger partial charge on any atom is -0.312 e. The van der Waals surface area contributed by atoms with E-state index in [2.05, 4.69) is 17.2 Å². The molecule has 0 saturated carbocycles. The summed E-state index contributed by atoms with van der Waals surface area (Å²) in [5.74, 6) is -0.00191. The lowest BCUT2D eigenvalue weighted by Crippen LogP contribution is -2.26. The van der Waals surface area contributed by atoms with Crippen LogP contribution in [0.4, 0.5) is 10.5 Å². The molecule has 84 valence electrons. The highest BCUT2D eigenvalue weighted by Gasteiger charge is 2.02. The second kappa shape index (κ2) is 5.11. The molecule has 0 fully saturated rings. The predicted molar refractivity (Wildman–Crippen MR) is 63.4 cm³/mol. The molecule has 0 aliphatic heterocycles. The monoisotopic (exact) mass is 218 g/mol. The molecule has 1 aromatic rings. The van der Waals surface area contributed by atoms with Crippen molar-refractivity contribution in [3.8, 4) is 0 Å². The lowest BCUT2D eigenvalue weighted by molar-refractivity contribution is 0.101. The zero-order valence-electron chi connectivity index (χ0n) is 9.33. The molecule has 1 rings (SSSR count). The lowest BCUT2D eigenvalue weighted by Gasteiger charge is -2.06. The fraction of sp³-hybridized carbons (Fsp3) is 0.167. The molecule has 4 nitrogen and oxygen atoms in total. The van der Waals surface area contributed by atoms with Gasteiger partial charge >= 0.3 is 6.03 Å². The summed E-state index contributed by atoms with van der Waals surface area (Å²) in [6.07, 6.45) is 0. The van der Waals surface area contributed by atoms with Crippen molar-refractivity contribution in [3.05, 3.63) is 42.1 Å². The van der Waals surface area contributed by atoms with Gasteiger partial charge in [0.1, 0.15) is 0 Å². The molecule has 2 amide bonds. The fourth-order valence-corrected chi connectivity index (χ4v) is 1.14. The van der Waals surface area contributed by atoms with Crippen LogP contribution in [0.2, 0.25) is 0 Å². The molecule has 0 heterocycles. The van der Waals surface area contributed by atoms with E-state index in [1.165, 1.54) is 6.92 Å². The average Bonchev–Trinajstić information content (AvgIpc) is 2.16. The molecule has 0 unspecified atom stereocenters. The first-order valence-electron chi connectivity index (χ1n) is 4.83. The number of anilines is 1. The molecule has 0 atom stereocenters. The first-order valence-corrected chi connectivity index (χ1v) is 4.83. The van der Waals surface area contributed by atoms with Crippen LogP contribution in [0.3, 0.4) is 0 Å². The first-order chi connectivity index (χ1) is 7.49. The minimum atomic E-state index is -0.344. The van der Waals surface area contributed by atoms with E-state index >= 15 is 0 Å². The van der Waals surface area contributed by atoms with Gasteiger partial charge in [0, 0.05) is 16.9 Å². The average molecular weight is 218 g/mol. The molecular formula is C12H14N2O2. The van der Waals surface area contributed by atoms with Gasteiger partial charge in [0.15, 0.2) is 5.78 Å². The van der Waals surface area contributed by atoms with Crippen molar-refractivity contribution in [2.24, 2.45) is 0 Å². The number of rotatable bonds is 3. The second-order valence-electron chi connectivity index (χ2n) is 3.49. The highest BCUT2D eigenvalue weighted by molar-refractivity contribution is 5.95. The van der Waals surface area contributed by atoms with E-state index in [1.807, 2.05) is 0 Å². The largest absolute Gasteiger partial charge is 0.323 e. The summed E-state index contributed by atoms with van der Waals surface area (Å²) in [7, 11) is 0. The van der Waals surface area contributed by atoms with Gasteiger partial charge in [-0.1, -0.05) is 6.58 Å². The molecule has 1 aromatic carbocycles. The van der Waals surface area contributed by atoms with Gasteiger partial charge in [-0.25, -0.2) is 4.79 Å². The van der Waals surface area contributed by atoms with Gasteiger partial charge in [-0.05, 0) is 38.1 Å². The third-order valence-electron chi connectivity index (χ3n) is 1.88.